The number of anilines is 1. The second kappa shape index (κ2) is 12.7. The van der Waals surface area contributed by atoms with Crippen LogP contribution in [0.2, 0.25) is 0 Å². The van der Waals surface area contributed by atoms with E-state index in [1.807, 2.05) is 51.1 Å². The Balaban J connectivity index is 1.86. The van der Waals surface area contributed by atoms with E-state index in [1.54, 1.807) is 26.9 Å². The molecular formula is C34H49N3O5. The fourth-order valence-electron chi connectivity index (χ4n) is 7.74. The van der Waals surface area contributed by atoms with Gasteiger partial charge < -0.3 is 24.5 Å². The highest BCUT2D eigenvalue weighted by molar-refractivity contribution is 6.03. The molecule has 0 aromatic heterocycles. The Morgan fingerprint density at radius 2 is 1.83 bits per heavy atom. The van der Waals surface area contributed by atoms with Crippen molar-refractivity contribution in [3.05, 3.63) is 55.6 Å². The number of carbonyl (C=O) groups is 3. The lowest BCUT2D eigenvalue weighted by Crippen LogP contribution is -2.59. The fraction of sp³-hybridized carbons (Fsp3) is 0.618. The lowest BCUT2D eigenvalue weighted by molar-refractivity contribution is -0.155. The minimum atomic E-state index is -1.17. The first-order valence-corrected chi connectivity index (χ1v) is 15.5. The largest absolute Gasteiger partial charge is 0.394 e. The summed E-state index contributed by atoms with van der Waals surface area (Å²) in [6.07, 6.45) is 6.13. The molecule has 0 saturated carbocycles. The van der Waals surface area contributed by atoms with Crippen molar-refractivity contribution >= 4 is 23.4 Å². The van der Waals surface area contributed by atoms with E-state index < -0.39 is 35.1 Å². The molecule has 3 aliphatic heterocycles. The summed E-state index contributed by atoms with van der Waals surface area (Å²) >= 11 is 0. The van der Waals surface area contributed by atoms with E-state index in [9.17, 15) is 19.5 Å². The Bertz CT molecular complexity index is 1170. The van der Waals surface area contributed by atoms with Gasteiger partial charge in [0.05, 0.1) is 30.1 Å². The Morgan fingerprint density at radius 3 is 2.40 bits per heavy atom. The molecule has 7 atom stereocenters. The Labute approximate surface area is 251 Å². The first kappa shape index (κ1) is 32.0. The van der Waals surface area contributed by atoms with Crippen LogP contribution in [0.1, 0.15) is 60.3 Å². The maximum Gasteiger partial charge on any atom is 0.248 e. The number of amides is 3. The zero-order chi connectivity index (χ0) is 30.8. The molecule has 3 amide bonds. The van der Waals surface area contributed by atoms with Gasteiger partial charge in [-0.05, 0) is 50.2 Å². The van der Waals surface area contributed by atoms with E-state index in [4.69, 9.17) is 4.74 Å². The number of aliphatic hydroxyl groups is 1. The van der Waals surface area contributed by atoms with Gasteiger partial charge in [-0.25, -0.2) is 0 Å². The Hall–Kier alpha value is -2.97. The molecule has 2 bridgehead atoms. The van der Waals surface area contributed by atoms with Crippen LogP contribution < -0.4 is 4.90 Å². The van der Waals surface area contributed by atoms with Crippen molar-refractivity contribution in [2.24, 2.45) is 23.7 Å². The van der Waals surface area contributed by atoms with Crippen LogP contribution in [0.4, 0.5) is 5.69 Å². The van der Waals surface area contributed by atoms with Gasteiger partial charge in [0.15, 0.2) is 0 Å². The highest BCUT2D eigenvalue weighted by Crippen LogP contribution is 2.66. The second-order valence-electron chi connectivity index (χ2n) is 12.9. The maximum atomic E-state index is 14.7. The molecule has 3 heterocycles. The van der Waals surface area contributed by atoms with Gasteiger partial charge in [-0.3, -0.25) is 14.4 Å². The first-order chi connectivity index (χ1) is 20.0. The van der Waals surface area contributed by atoms with Gasteiger partial charge in [-0.2, -0.15) is 0 Å². The van der Waals surface area contributed by atoms with Crippen molar-refractivity contribution in [2.45, 2.75) is 83.6 Å². The first-order valence-electron chi connectivity index (χ1n) is 15.5. The van der Waals surface area contributed by atoms with Crippen LogP contribution in [0.5, 0.6) is 0 Å². The summed E-state index contributed by atoms with van der Waals surface area (Å²) in [5.74, 6) is -2.21. The van der Waals surface area contributed by atoms with E-state index >= 15 is 0 Å². The molecule has 4 rings (SSSR count). The lowest BCUT2D eigenvalue weighted by atomic mass is 9.62. The van der Waals surface area contributed by atoms with Crippen molar-refractivity contribution in [2.75, 3.05) is 31.1 Å². The number of hydrogen-bond donors (Lipinski definition) is 1. The summed E-state index contributed by atoms with van der Waals surface area (Å²) in [4.78, 5) is 48.9. The SMILES string of the molecule is C=CCN(CCCC)C(=O)C1N([C@@H](CO)CC(C)C)C(=O)[C@@H]2[C@@H](C(=O)N(CC=C)c3ccccc3)[C@]3(C)OC12CC3C. The van der Waals surface area contributed by atoms with Gasteiger partial charge in [-0.15, -0.1) is 13.2 Å². The molecule has 1 aromatic rings. The van der Waals surface area contributed by atoms with Crippen LogP contribution in [0.15, 0.2) is 55.6 Å². The number of fused-ring (bicyclic) bond motifs is 1. The van der Waals surface area contributed by atoms with Gasteiger partial charge in [0, 0.05) is 25.3 Å². The smallest absolute Gasteiger partial charge is 0.248 e. The molecule has 0 aliphatic carbocycles. The number of para-hydroxylation sites is 1. The number of benzene rings is 1. The molecule has 0 radical (unpaired) electrons. The third-order valence-corrected chi connectivity index (χ3v) is 9.69. The molecule has 42 heavy (non-hydrogen) atoms. The average Bonchev–Trinajstić information content (AvgIpc) is 3.48. The maximum absolute atomic E-state index is 14.7. The van der Waals surface area contributed by atoms with Gasteiger partial charge in [0.1, 0.15) is 11.6 Å². The van der Waals surface area contributed by atoms with E-state index in [0.717, 1.165) is 18.5 Å². The number of rotatable bonds is 14. The minimum Gasteiger partial charge on any atom is -0.394 e. The number of aliphatic hydroxyl groups excluding tert-OH is 1. The predicted octanol–water partition coefficient (Wildman–Crippen LogP) is 4.44. The molecule has 8 heteroatoms. The van der Waals surface area contributed by atoms with Gasteiger partial charge in [-0.1, -0.05) is 64.5 Å². The van der Waals surface area contributed by atoms with Gasteiger partial charge >= 0.3 is 0 Å². The average molecular weight is 580 g/mol. The molecule has 8 nitrogen and oxygen atoms in total. The minimum absolute atomic E-state index is 0.0757. The number of carbonyl (C=O) groups excluding carboxylic acids is 3. The van der Waals surface area contributed by atoms with E-state index in [1.165, 1.54) is 0 Å². The van der Waals surface area contributed by atoms with Crippen LogP contribution in [0.25, 0.3) is 0 Å². The molecule has 3 aliphatic rings. The topological polar surface area (TPSA) is 90.4 Å². The van der Waals surface area contributed by atoms with Gasteiger partial charge in [0.25, 0.3) is 0 Å². The summed E-state index contributed by atoms with van der Waals surface area (Å²) in [5, 5.41) is 10.6. The van der Waals surface area contributed by atoms with Crippen molar-refractivity contribution in [1.82, 2.24) is 9.80 Å². The van der Waals surface area contributed by atoms with Crippen LogP contribution in [-0.4, -0.2) is 82.2 Å². The van der Waals surface area contributed by atoms with Crippen LogP contribution in [0, 0.1) is 23.7 Å². The predicted molar refractivity (Wildman–Crippen MR) is 165 cm³/mol. The molecule has 230 valence electrons. The quantitative estimate of drug-likeness (QED) is 0.329. The Morgan fingerprint density at radius 1 is 1.17 bits per heavy atom. The van der Waals surface area contributed by atoms with Crippen molar-refractivity contribution in [1.29, 1.82) is 0 Å². The third-order valence-electron chi connectivity index (χ3n) is 9.69. The molecular weight excluding hydrogens is 530 g/mol. The van der Waals surface area contributed by atoms with Crippen molar-refractivity contribution in [3.63, 3.8) is 0 Å². The van der Waals surface area contributed by atoms with Crippen molar-refractivity contribution in [3.8, 4) is 0 Å². The highest BCUT2D eigenvalue weighted by atomic mass is 16.5. The Kier molecular flexibility index (Phi) is 9.68. The summed E-state index contributed by atoms with van der Waals surface area (Å²) in [5.41, 5.74) is -1.39. The van der Waals surface area contributed by atoms with Crippen molar-refractivity contribution < 1.29 is 24.2 Å². The normalized spacial score (nSPS) is 30.4. The third kappa shape index (κ3) is 5.21. The monoisotopic (exact) mass is 579 g/mol. The number of likely N-dealkylation sites (tertiary alicyclic amines) is 1. The van der Waals surface area contributed by atoms with Crippen LogP contribution >= 0.6 is 0 Å². The standard InChI is InChI=1S/C34H49N3O5/c1-8-11-19-35(17-9-2)32(41)29-34-21-24(6)33(7,42-34)27(28(34)31(40)37(29)26(22-38)20-23(4)5)30(39)36(18-10-3)25-15-13-12-14-16-25/h9-10,12-16,23-24,26-29,38H,2-3,8,11,17-22H2,1,4-7H3/t24?,26-,27+,28+,29?,33-,34?/m1/s1. The van der Waals surface area contributed by atoms with E-state index in [-0.39, 0.29) is 42.7 Å². The number of unbranched alkanes of at least 4 members (excludes halogenated alkanes) is 1. The molecule has 3 saturated heterocycles. The molecule has 1 aromatic carbocycles. The summed E-state index contributed by atoms with van der Waals surface area (Å²) in [6, 6.07) is 7.89. The zero-order valence-corrected chi connectivity index (χ0v) is 26.0. The molecule has 1 spiro atoms. The summed E-state index contributed by atoms with van der Waals surface area (Å²) in [7, 11) is 0. The zero-order valence-electron chi connectivity index (χ0n) is 26.0. The highest BCUT2D eigenvalue weighted by Gasteiger charge is 2.80. The number of ether oxygens (including phenoxy) is 1. The number of nitrogens with zero attached hydrogens (tertiary/aromatic N) is 3. The van der Waals surface area contributed by atoms with E-state index in [2.05, 4.69) is 27.0 Å². The molecule has 3 unspecified atom stereocenters. The van der Waals surface area contributed by atoms with Crippen LogP contribution in [0.3, 0.4) is 0 Å². The van der Waals surface area contributed by atoms with E-state index in [0.29, 0.717) is 25.9 Å². The number of hydrogen-bond acceptors (Lipinski definition) is 5. The van der Waals surface area contributed by atoms with Crippen LogP contribution in [-0.2, 0) is 19.1 Å². The molecule has 3 fully saturated rings. The fourth-order valence-corrected chi connectivity index (χ4v) is 7.74. The lowest BCUT2D eigenvalue weighted by Gasteiger charge is -2.40. The summed E-state index contributed by atoms with van der Waals surface area (Å²) in [6.45, 7) is 18.8. The second-order valence-corrected chi connectivity index (χ2v) is 12.9. The van der Waals surface area contributed by atoms with Gasteiger partial charge in [0.2, 0.25) is 17.7 Å². The molecule has 1 N–H and O–H groups in total. The summed E-state index contributed by atoms with van der Waals surface area (Å²) < 4.78 is 6.96.